The highest BCUT2D eigenvalue weighted by molar-refractivity contribution is 7.89. The van der Waals surface area contributed by atoms with Crippen LogP contribution in [0.2, 0.25) is 0 Å². The van der Waals surface area contributed by atoms with Gasteiger partial charge in [-0.25, -0.2) is 13.1 Å². The molecule has 0 heterocycles. The summed E-state index contributed by atoms with van der Waals surface area (Å²) in [6.45, 7) is 0.494. The number of nitrogens with one attached hydrogen (secondary N) is 1. The molecule has 0 bridgehead atoms. The number of hydrogen-bond acceptors (Lipinski definition) is 5. The van der Waals surface area contributed by atoms with E-state index < -0.39 is 22.0 Å². The van der Waals surface area contributed by atoms with E-state index >= 15 is 0 Å². The summed E-state index contributed by atoms with van der Waals surface area (Å²) in [7, 11) is -0.701. The summed E-state index contributed by atoms with van der Waals surface area (Å²) in [5.41, 5.74) is 0. The third-order valence-corrected chi connectivity index (χ3v) is 3.46. The summed E-state index contributed by atoms with van der Waals surface area (Å²) in [5.74, 6) is -1.37. The minimum Gasteiger partial charge on any atom is -0.480 e. The molecule has 0 aliphatic carbocycles. The largest absolute Gasteiger partial charge is 0.480 e. The number of methoxy groups -OCH3 is 2. The SMILES string of the molecule is COCCCS(=O)(=O)NC(CCOC)C(=O)O. The summed E-state index contributed by atoms with van der Waals surface area (Å²) in [6.07, 6.45) is 0.414. The molecule has 0 aromatic heterocycles. The van der Waals surface area contributed by atoms with Crippen LogP contribution in [0.4, 0.5) is 0 Å². The molecule has 102 valence electrons. The molecule has 0 amide bonds. The second-order valence-corrected chi connectivity index (χ2v) is 5.33. The quantitative estimate of drug-likeness (QED) is 0.515. The Bertz CT molecular complexity index is 315. The average Bonchev–Trinajstić information content (AvgIpc) is 2.24. The predicted octanol–water partition coefficient (Wildman–Crippen LogP) is -0.568. The number of hydrogen-bond donors (Lipinski definition) is 2. The van der Waals surface area contributed by atoms with Gasteiger partial charge in [-0.15, -0.1) is 0 Å². The lowest BCUT2D eigenvalue weighted by Gasteiger charge is -2.14. The van der Waals surface area contributed by atoms with Crippen molar-refractivity contribution in [1.82, 2.24) is 4.72 Å². The third kappa shape index (κ3) is 8.08. The average molecular weight is 269 g/mol. The number of ether oxygens (including phenoxy) is 2. The van der Waals surface area contributed by atoms with Gasteiger partial charge in [-0.2, -0.15) is 0 Å². The van der Waals surface area contributed by atoms with E-state index in [1.807, 2.05) is 0 Å². The first-order valence-corrected chi connectivity index (χ1v) is 6.79. The fraction of sp³-hybridized carbons (Fsp3) is 0.889. The van der Waals surface area contributed by atoms with Gasteiger partial charge in [0.05, 0.1) is 5.75 Å². The third-order valence-electron chi connectivity index (χ3n) is 1.99. The molecule has 8 heteroatoms. The first-order valence-electron chi connectivity index (χ1n) is 5.13. The van der Waals surface area contributed by atoms with Crippen molar-refractivity contribution in [3.63, 3.8) is 0 Å². The molecule has 0 saturated carbocycles. The van der Waals surface area contributed by atoms with E-state index in [2.05, 4.69) is 4.72 Å². The van der Waals surface area contributed by atoms with E-state index in [1.54, 1.807) is 0 Å². The number of sulfonamides is 1. The van der Waals surface area contributed by atoms with Crippen LogP contribution in [0.3, 0.4) is 0 Å². The van der Waals surface area contributed by atoms with Crippen LogP contribution in [0.25, 0.3) is 0 Å². The first kappa shape index (κ1) is 16.3. The van der Waals surface area contributed by atoms with Crippen molar-refractivity contribution in [3.05, 3.63) is 0 Å². The van der Waals surface area contributed by atoms with Crippen LogP contribution in [0.1, 0.15) is 12.8 Å². The molecule has 0 spiro atoms. The topological polar surface area (TPSA) is 102 Å². The maximum Gasteiger partial charge on any atom is 0.321 e. The molecule has 0 aromatic carbocycles. The maximum absolute atomic E-state index is 11.5. The van der Waals surface area contributed by atoms with E-state index in [-0.39, 0.29) is 18.8 Å². The maximum atomic E-state index is 11.5. The lowest BCUT2D eigenvalue weighted by Crippen LogP contribution is -2.42. The molecule has 1 atom stereocenters. The fourth-order valence-corrected chi connectivity index (χ4v) is 2.41. The van der Waals surface area contributed by atoms with Gasteiger partial charge in [-0.1, -0.05) is 0 Å². The molecule has 7 nitrogen and oxygen atoms in total. The number of carboxylic acids is 1. The second-order valence-electron chi connectivity index (χ2n) is 3.46. The zero-order valence-corrected chi connectivity index (χ0v) is 10.8. The molecule has 2 N–H and O–H groups in total. The van der Waals surface area contributed by atoms with E-state index in [4.69, 9.17) is 14.6 Å². The molecular weight excluding hydrogens is 250 g/mol. The Morgan fingerprint density at radius 2 is 1.88 bits per heavy atom. The number of carboxylic acid groups (broad SMARTS) is 1. The van der Waals surface area contributed by atoms with Gasteiger partial charge in [-0.3, -0.25) is 4.79 Å². The van der Waals surface area contributed by atoms with E-state index in [1.165, 1.54) is 14.2 Å². The highest BCUT2D eigenvalue weighted by Crippen LogP contribution is 1.98. The van der Waals surface area contributed by atoms with Crippen molar-refractivity contribution in [2.45, 2.75) is 18.9 Å². The molecule has 0 fully saturated rings. The molecule has 0 saturated heterocycles. The van der Waals surface area contributed by atoms with E-state index in [0.29, 0.717) is 13.0 Å². The van der Waals surface area contributed by atoms with Crippen molar-refractivity contribution in [2.75, 3.05) is 33.2 Å². The Balaban J connectivity index is 4.27. The highest BCUT2D eigenvalue weighted by Gasteiger charge is 2.23. The van der Waals surface area contributed by atoms with Crippen LogP contribution in [0.15, 0.2) is 0 Å². The lowest BCUT2D eigenvalue weighted by molar-refractivity contribution is -0.139. The van der Waals surface area contributed by atoms with Gasteiger partial charge in [0, 0.05) is 27.4 Å². The van der Waals surface area contributed by atoms with Crippen LogP contribution < -0.4 is 4.72 Å². The molecular formula is C9H19NO6S. The predicted molar refractivity (Wildman–Crippen MR) is 61.3 cm³/mol. The zero-order chi connectivity index (χ0) is 13.3. The summed E-state index contributed by atoms with van der Waals surface area (Å²) in [4.78, 5) is 10.8. The first-order chi connectivity index (χ1) is 7.93. The lowest BCUT2D eigenvalue weighted by atomic mass is 10.2. The molecule has 0 radical (unpaired) electrons. The Morgan fingerprint density at radius 3 is 2.35 bits per heavy atom. The minimum absolute atomic E-state index is 0.0926. The van der Waals surface area contributed by atoms with Crippen molar-refractivity contribution < 1.29 is 27.8 Å². The van der Waals surface area contributed by atoms with Crippen molar-refractivity contribution in [3.8, 4) is 0 Å². The van der Waals surface area contributed by atoms with Crippen molar-refractivity contribution in [2.24, 2.45) is 0 Å². The van der Waals surface area contributed by atoms with Gasteiger partial charge in [0.2, 0.25) is 10.0 Å². The fourth-order valence-electron chi connectivity index (χ4n) is 1.14. The monoisotopic (exact) mass is 269 g/mol. The molecule has 1 unspecified atom stereocenters. The van der Waals surface area contributed by atoms with Gasteiger partial charge in [0.1, 0.15) is 6.04 Å². The summed E-state index contributed by atoms with van der Waals surface area (Å²) >= 11 is 0. The Morgan fingerprint density at radius 1 is 1.29 bits per heavy atom. The Kier molecular flexibility index (Phi) is 8.05. The van der Waals surface area contributed by atoms with Crippen LogP contribution in [0.5, 0.6) is 0 Å². The molecule has 17 heavy (non-hydrogen) atoms. The van der Waals surface area contributed by atoms with Gasteiger partial charge in [0.25, 0.3) is 0 Å². The molecule has 0 aliphatic heterocycles. The van der Waals surface area contributed by atoms with Crippen LogP contribution in [-0.2, 0) is 24.3 Å². The number of carbonyl (C=O) groups is 1. The Hall–Kier alpha value is -0.700. The Labute approximate surface area is 101 Å². The smallest absolute Gasteiger partial charge is 0.321 e. The van der Waals surface area contributed by atoms with Crippen LogP contribution in [-0.4, -0.2) is 58.7 Å². The van der Waals surface area contributed by atoms with E-state index in [0.717, 1.165) is 0 Å². The summed E-state index contributed by atoms with van der Waals surface area (Å²) < 4.78 is 34.6. The van der Waals surface area contributed by atoms with Crippen molar-refractivity contribution in [1.29, 1.82) is 0 Å². The van der Waals surface area contributed by atoms with Crippen LogP contribution in [0, 0.1) is 0 Å². The van der Waals surface area contributed by atoms with E-state index in [9.17, 15) is 13.2 Å². The normalized spacial score (nSPS) is 13.5. The number of rotatable bonds is 10. The number of aliphatic carboxylic acids is 1. The standard InChI is InChI=1S/C9H19NO6S/c1-15-5-3-7-17(13,14)10-8(9(11)12)4-6-16-2/h8,10H,3-7H2,1-2H3,(H,11,12). The van der Waals surface area contributed by atoms with Crippen molar-refractivity contribution >= 4 is 16.0 Å². The van der Waals surface area contributed by atoms with Gasteiger partial charge in [0.15, 0.2) is 0 Å². The van der Waals surface area contributed by atoms with Gasteiger partial charge in [-0.05, 0) is 12.8 Å². The zero-order valence-electron chi connectivity index (χ0n) is 10.0. The van der Waals surface area contributed by atoms with Gasteiger partial charge < -0.3 is 14.6 Å². The molecule has 0 aliphatic rings. The minimum atomic E-state index is -3.59. The van der Waals surface area contributed by atoms with Gasteiger partial charge >= 0.3 is 5.97 Å². The summed E-state index contributed by atoms with van der Waals surface area (Å²) in [6, 6.07) is -1.15. The van der Waals surface area contributed by atoms with Crippen LogP contribution >= 0.6 is 0 Å². The molecule has 0 aromatic rings. The molecule has 0 rings (SSSR count). The summed E-state index contributed by atoms with van der Waals surface area (Å²) in [5, 5.41) is 8.83. The second kappa shape index (κ2) is 8.40. The highest BCUT2D eigenvalue weighted by atomic mass is 32.2.